The van der Waals surface area contributed by atoms with Crippen molar-refractivity contribution >= 4 is 35.3 Å². The molecular weight excluding hydrogens is 586 g/mol. The van der Waals surface area contributed by atoms with Gasteiger partial charge in [0.25, 0.3) is 5.91 Å². The van der Waals surface area contributed by atoms with Gasteiger partial charge in [0.15, 0.2) is 0 Å². The molecule has 1 saturated carbocycles. The van der Waals surface area contributed by atoms with Crippen LogP contribution in [-0.4, -0.2) is 70.6 Å². The van der Waals surface area contributed by atoms with Crippen LogP contribution in [0.25, 0.3) is 0 Å². The molecule has 2 atom stereocenters. The van der Waals surface area contributed by atoms with E-state index in [1.54, 1.807) is 30.9 Å². The van der Waals surface area contributed by atoms with Gasteiger partial charge in [-0.1, -0.05) is 37.1 Å². The molecule has 3 N–H and O–H groups in total. The summed E-state index contributed by atoms with van der Waals surface area (Å²) in [6.45, 7) is 13.4. The van der Waals surface area contributed by atoms with Gasteiger partial charge in [-0.3, -0.25) is 14.5 Å². The second-order valence-electron chi connectivity index (χ2n) is 14.0. The molecule has 5 amide bonds. The highest BCUT2D eigenvalue weighted by atomic mass is 16.6. The predicted molar refractivity (Wildman–Crippen MR) is 178 cm³/mol. The van der Waals surface area contributed by atoms with Crippen LogP contribution in [0.1, 0.15) is 78.4 Å². The summed E-state index contributed by atoms with van der Waals surface area (Å²) in [5, 5.41) is 9.05. The molecule has 2 fully saturated rings. The SMILES string of the molecule is COc1cc(CN2C(=O)N([C@H](CN[C@H](C)CC(=O)OC(C)(C)C)CC3CC3)C(=O)C2(C)C)ccc1NC(=O)Nc1ccccc1C. The highest BCUT2D eigenvalue weighted by Crippen LogP contribution is 2.38. The van der Waals surface area contributed by atoms with E-state index in [0.717, 1.165) is 24.0 Å². The molecule has 0 aromatic heterocycles. The van der Waals surface area contributed by atoms with Crippen LogP contribution in [-0.2, 0) is 20.9 Å². The van der Waals surface area contributed by atoms with Crippen molar-refractivity contribution in [2.75, 3.05) is 24.3 Å². The Morgan fingerprint density at radius 2 is 1.72 bits per heavy atom. The number of aryl methyl sites for hydroxylation is 1. The van der Waals surface area contributed by atoms with Crippen LogP contribution in [0.2, 0.25) is 0 Å². The highest BCUT2D eigenvalue weighted by Gasteiger charge is 2.53. The van der Waals surface area contributed by atoms with Gasteiger partial charge in [-0.2, -0.15) is 0 Å². The number of nitrogens with zero attached hydrogens (tertiary/aromatic N) is 2. The van der Waals surface area contributed by atoms with E-state index in [9.17, 15) is 19.2 Å². The van der Waals surface area contributed by atoms with Crippen LogP contribution in [0.4, 0.5) is 21.0 Å². The topological polar surface area (TPSA) is 129 Å². The molecule has 46 heavy (non-hydrogen) atoms. The second-order valence-corrected chi connectivity index (χ2v) is 14.0. The summed E-state index contributed by atoms with van der Waals surface area (Å²) in [6.07, 6.45) is 3.06. The Balaban J connectivity index is 1.44. The minimum atomic E-state index is -1.07. The maximum atomic E-state index is 14.0. The van der Waals surface area contributed by atoms with Crippen molar-refractivity contribution in [1.29, 1.82) is 0 Å². The number of anilines is 2. The molecule has 2 aromatic rings. The molecule has 2 aliphatic rings. The first-order chi connectivity index (χ1) is 21.6. The number of ether oxygens (including phenoxy) is 2. The van der Waals surface area contributed by atoms with E-state index in [2.05, 4.69) is 16.0 Å². The normalized spacial score (nSPS) is 17.5. The third-order valence-electron chi connectivity index (χ3n) is 8.36. The fourth-order valence-corrected chi connectivity index (χ4v) is 5.62. The third kappa shape index (κ3) is 8.78. The van der Waals surface area contributed by atoms with Gasteiger partial charge >= 0.3 is 18.0 Å². The van der Waals surface area contributed by atoms with E-state index >= 15 is 0 Å². The molecule has 1 aliphatic heterocycles. The van der Waals surface area contributed by atoms with Crippen LogP contribution in [0, 0.1) is 12.8 Å². The van der Waals surface area contributed by atoms with E-state index in [-0.39, 0.29) is 43.0 Å². The number of benzene rings is 2. The molecule has 0 bridgehead atoms. The number of hydrogen-bond acceptors (Lipinski definition) is 7. The standard InChI is InChI=1S/C35H49N5O6/c1-22-11-9-10-12-27(22)37-32(43)38-28-16-15-25(19-29(28)45-8)21-39-33(44)40(31(42)35(39,6)7)26(18-24-13-14-24)20-36-23(2)17-30(41)46-34(3,4)5/h9-12,15-16,19,23-24,26,36H,13-14,17-18,20-21H2,1-8H3,(H2,37,38,43)/t23-,26+/m1/s1. The number of esters is 1. The van der Waals surface area contributed by atoms with Gasteiger partial charge in [0.2, 0.25) is 0 Å². The lowest BCUT2D eigenvalue weighted by Crippen LogP contribution is -2.49. The zero-order valence-corrected chi connectivity index (χ0v) is 28.4. The van der Waals surface area contributed by atoms with E-state index in [0.29, 0.717) is 36.0 Å². The first-order valence-corrected chi connectivity index (χ1v) is 16.0. The van der Waals surface area contributed by atoms with Gasteiger partial charge in [-0.05, 0) is 90.1 Å². The number of nitrogens with one attached hydrogen (secondary N) is 3. The van der Waals surface area contributed by atoms with E-state index in [4.69, 9.17) is 9.47 Å². The Morgan fingerprint density at radius 1 is 1.04 bits per heavy atom. The lowest BCUT2D eigenvalue weighted by atomic mass is 10.0. The number of para-hydroxylation sites is 1. The lowest BCUT2D eigenvalue weighted by Gasteiger charge is -2.28. The van der Waals surface area contributed by atoms with Crippen molar-refractivity contribution in [2.24, 2.45) is 5.92 Å². The van der Waals surface area contributed by atoms with Crippen molar-refractivity contribution < 1.29 is 28.7 Å². The van der Waals surface area contributed by atoms with E-state index in [1.807, 2.05) is 65.0 Å². The highest BCUT2D eigenvalue weighted by molar-refractivity contribution is 6.07. The predicted octanol–water partition coefficient (Wildman–Crippen LogP) is 6.07. The van der Waals surface area contributed by atoms with Crippen LogP contribution in [0.5, 0.6) is 5.75 Å². The minimum absolute atomic E-state index is 0.179. The summed E-state index contributed by atoms with van der Waals surface area (Å²) >= 11 is 0. The number of rotatable bonds is 13. The lowest BCUT2D eigenvalue weighted by molar-refractivity contribution is -0.155. The monoisotopic (exact) mass is 635 g/mol. The quantitative estimate of drug-likeness (QED) is 0.180. The van der Waals surface area contributed by atoms with Gasteiger partial charge in [0, 0.05) is 24.8 Å². The van der Waals surface area contributed by atoms with Crippen LogP contribution in [0.15, 0.2) is 42.5 Å². The first-order valence-electron chi connectivity index (χ1n) is 16.0. The van der Waals surface area contributed by atoms with Crippen LogP contribution in [0.3, 0.4) is 0 Å². The number of carbonyl (C=O) groups excluding carboxylic acids is 4. The van der Waals surface area contributed by atoms with Crippen molar-refractivity contribution in [3.8, 4) is 5.75 Å². The Morgan fingerprint density at radius 3 is 2.35 bits per heavy atom. The van der Waals surface area contributed by atoms with E-state index in [1.165, 1.54) is 12.0 Å². The number of imide groups is 1. The first kappa shape index (κ1) is 34.7. The van der Waals surface area contributed by atoms with Gasteiger partial charge in [0.05, 0.1) is 25.3 Å². The molecule has 11 heteroatoms. The maximum absolute atomic E-state index is 14.0. The fourth-order valence-electron chi connectivity index (χ4n) is 5.62. The summed E-state index contributed by atoms with van der Waals surface area (Å²) in [6, 6.07) is 11.5. The van der Waals surface area contributed by atoms with Gasteiger partial charge in [-0.25, -0.2) is 9.59 Å². The number of urea groups is 2. The molecule has 1 heterocycles. The van der Waals surface area contributed by atoms with Crippen LogP contribution >= 0.6 is 0 Å². The Labute approximate surface area is 272 Å². The summed E-state index contributed by atoms with van der Waals surface area (Å²) < 4.78 is 11.0. The molecule has 11 nitrogen and oxygen atoms in total. The Hall–Kier alpha value is -4.12. The number of carbonyl (C=O) groups is 4. The minimum Gasteiger partial charge on any atom is -0.495 e. The fraction of sp³-hybridized carbons (Fsp3) is 0.543. The molecule has 0 spiro atoms. The smallest absolute Gasteiger partial charge is 0.328 e. The average molecular weight is 636 g/mol. The summed E-state index contributed by atoms with van der Waals surface area (Å²) in [5.41, 5.74) is 1.22. The van der Waals surface area contributed by atoms with E-state index < -0.39 is 17.2 Å². The van der Waals surface area contributed by atoms with Crippen molar-refractivity contribution in [2.45, 2.75) is 104 Å². The molecule has 4 rings (SSSR count). The van der Waals surface area contributed by atoms with Crippen LogP contribution < -0.4 is 20.7 Å². The second kappa shape index (κ2) is 14.1. The zero-order chi connectivity index (χ0) is 33.8. The molecular formula is C35H49N5O6. The Bertz CT molecular complexity index is 1450. The molecule has 250 valence electrons. The van der Waals surface area contributed by atoms with Crippen molar-refractivity contribution in [3.05, 3.63) is 53.6 Å². The van der Waals surface area contributed by atoms with Crippen molar-refractivity contribution in [1.82, 2.24) is 15.1 Å². The average Bonchev–Trinajstić information content (AvgIpc) is 3.76. The Kier molecular flexibility index (Phi) is 10.7. The third-order valence-corrected chi connectivity index (χ3v) is 8.36. The number of hydrogen-bond donors (Lipinski definition) is 3. The van der Waals surface area contributed by atoms with Crippen molar-refractivity contribution in [3.63, 3.8) is 0 Å². The summed E-state index contributed by atoms with van der Waals surface area (Å²) in [4.78, 5) is 55.8. The molecule has 0 radical (unpaired) electrons. The summed E-state index contributed by atoms with van der Waals surface area (Å²) in [5.74, 6) is 0.358. The number of methoxy groups -OCH3 is 1. The summed E-state index contributed by atoms with van der Waals surface area (Å²) in [7, 11) is 1.51. The molecule has 0 unspecified atom stereocenters. The molecule has 1 aliphatic carbocycles. The molecule has 2 aromatic carbocycles. The number of amides is 5. The maximum Gasteiger partial charge on any atom is 0.328 e. The van der Waals surface area contributed by atoms with Gasteiger partial charge < -0.3 is 30.3 Å². The largest absolute Gasteiger partial charge is 0.495 e. The molecule has 1 saturated heterocycles. The zero-order valence-electron chi connectivity index (χ0n) is 28.4. The van der Waals surface area contributed by atoms with Gasteiger partial charge in [-0.15, -0.1) is 0 Å². The van der Waals surface area contributed by atoms with Gasteiger partial charge in [0.1, 0.15) is 16.9 Å².